The zero-order valence-electron chi connectivity index (χ0n) is 11.4. The molecule has 2 N–H and O–H groups in total. The predicted octanol–water partition coefficient (Wildman–Crippen LogP) is 2.87. The average molecular weight is 270 g/mol. The van der Waals surface area contributed by atoms with Crippen molar-refractivity contribution in [1.29, 1.82) is 0 Å². The van der Waals surface area contributed by atoms with E-state index >= 15 is 0 Å². The monoisotopic (exact) mass is 270 g/mol. The van der Waals surface area contributed by atoms with Crippen LogP contribution < -0.4 is 10.8 Å². The zero-order valence-corrected chi connectivity index (χ0v) is 11.4. The normalized spacial score (nSPS) is 10.2. The van der Waals surface area contributed by atoms with Crippen molar-refractivity contribution in [3.8, 4) is 0 Å². The SMILES string of the molecule is CC(=O)Nc1ccccc1CNOCc1ccccc1. The van der Waals surface area contributed by atoms with Crippen LogP contribution >= 0.6 is 0 Å². The van der Waals surface area contributed by atoms with Gasteiger partial charge >= 0.3 is 0 Å². The third kappa shape index (κ3) is 4.50. The molecular weight excluding hydrogens is 252 g/mol. The molecular formula is C16H18N2O2. The van der Waals surface area contributed by atoms with E-state index in [0.29, 0.717) is 13.2 Å². The number of anilines is 1. The zero-order chi connectivity index (χ0) is 14.2. The van der Waals surface area contributed by atoms with E-state index in [2.05, 4.69) is 10.8 Å². The second kappa shape index (κ2) is 7.43. The molecule has 0 saturated heterocycles. The van der Waals surface area contributed by atoms with Gasteiger partial charge in [-0.1, -0.05) is 48.5 Å². The Morgan fingerprint density at radius 1 is 1.05 bits per heavy atom. The number of benzene rings is 2. The van der Waals surface area contributed by atoms with Gasteiger partial charge in [-0.2, -0.15) is 5.48 Å². The molecule has 0 heterocycles. The maximum atomic E-state index is 11.1. The van der Waals surface area contributed by atoms with Crippen LogP contribution in [0, 0.1) is 0 Å². The number of hydrogen-bond donors (Lipinski definition) is 2. The van der Waals surface area contributed by atoms with Crippen LogP contribution in [0.15, 0.2) is 54.6 Å². The highest BCUT2D eigenvalue weighted by atomic mass is 16.6. The number of amides is 1. The maximum absolute atomic E-state index is 11.1. The van der Waals surface area contributed by atoms with Crippen LogP contribution in [0.5, 0.6) is 0 Å². The number of rotatable bonds is 6. The molecule has 0 fully saturated rings. The summed E-state index contributed by atoms with van der Waals surface area (Å²) in [6.45, 7) is 2.53. The molecule has 0 bridgehead atoms. The fourth-order valence-corrected chi connectivity index (χ4v) is 1.82. The van der Waals surface area contributed by atoms with E-state index in [1.54, 1.807) is 0 Å². The van der Waals surface area contributed by atoms with Gasteiger partial charge in [0, 0.05) is 19.2 Å². The summed E-state index contributed by atoms with van der Waals surface area (Å²) >= 11 is 0. The Balaban J connectivity index is 1.83. The summed E-state index contributed by atoms with van der Waals surface area (Å²) in [5, 5.41) is 2.80. The summed E-state index contributed by atoms with van der Waals surface area (Å²) in [5.74, 6) is -0.0809. The number of carbonyl (C=O) groups excluding carboxylic acids is 1. The summed E-state index contributed by atoms with van der Waals surface area (Å²) in [7, 11) is 0. The molecule has 0 aliphatic rings. The van der Waals surface area contributed by atoms with Crippen molar-refractivity contribution in [2.24, 2.45) is 0 Å². The van der Waals surface area contributed by atoms with Crippen molar-refractivity contribution in [3.63, 3.8) is 0 Å². The van der Waals surface area contributed by atoms with Crippen molar-refractivity contribution in [2.45, 2.75) is 20.1 Å². The van der Waals surface area contributed by atoms with Gasteiger partial charge in [-0.15, -0.1) is 0 Å². The van der Waals surface area contributed by atoms with Gasteiger partial charge in [0.2, 0.25) is 5.91 Å². The maximum Gasteiger partial charge on any atom is 0.221 e. The van der Waals surface area contributed by atoms with Gasteiger partial charge in [0.1, 0.15) is 0 Å². The van der Waals surface area contributed by atoms with Crippen LogP contribution in [0.2, 0.25) is 0 Å². The first-order valence-electron chi connectivity index (χ1n) is 6.50. The van der Waals surface area contributed by atoms with Crippen LogP contribution in [-0.4, -0.2) is 5.91 Å². The van der Waals surface area contributed by atoms with Crippen LogP contribution in [0.25, 0.3) is 0 Å². The van der Waals surface area contributed by atoms with Crippen molar-refractivity contribution < 1.29 is 9.63 Å². The highest BCUT2D eigenvalue weighted by Crippen LogP contribution is 2.14. The number of hydroxylamine groups is 1. The van der Waals surface area contributed by atoms with Gasteiger partial charge in [0.05, 0.1) is 6.61 Å². The molecule has 0 spiro atoms. The smallest absolute Gasteiger partial charge is 0.221 e. The van der Waals surface area contributed by atoms with Gasteiger partial charge in [-0.25, -0.2) is 0 Å². The minimum absolute atomic E-state index is 0.0809. The van der Waals surface area contributed by atoms with E-state index in [9.17, 15) is 4.79 Å². The van der Waals surface area contributed by atoms with E-state index in [1.165, 1.54) is 6.92 Å². The van der Waals surface area contributed by atoms with Crippen LogP contribution in [0.4, 0.5) is 5.69 Å². The van der Waals surface area contributed by atoms with Gasteiger partial charge in [-0.3, -0.25) is 9.63 Å². The first-order chi connectivity index (χ1) is 9.75. The van der Waals surface area contributed by atoms with Gasteiger partial charge in [0.15, 0.2) is 0 Å². The van der Waals surface area contributed by atoms with Crippen LogP contribution in [0.3, 0.4) is 0 Å². The van der Waals surface area contributed by atoms with Gasteiger partial charge < -0.3 is 5.32 Å². The van der Waals surface area contributed by atoms with Crippen LogP contribution in [0.1, 0.15) is 18.1 Å². The Morgan fingerprint density at radius 2 is 1.75 bits per heavy atom. The average Bonchev–Trinajstić information content (AvgIpc) is 2.46. The van der Waals surface area contributed by atoms with Crippen molar-refractivity contribution >= 4 is 11.6 Å². The summed E-state index contributed by atoms with van der Waals surface area (Å²) in [6.07, 6.45) is 0. The molecule has 20 heavy (non-hydrogen) atoms. The van der Waals surface area contributed by atoms with E-state index in [1.807, 2.05) is 54.6 Å². The molecule has 2 aromatic rings. The van der Waals surface area contributed by atoms with E-state index in [-0.39, 0.29) is 5.91 Å². The Kier molecular flexibility index (Phi) is 5.29. The molecule has 2 aromatic carbocycles. The minimum Gasteiger partial charge on any atom is -0.326 e. The Labute approximate surface area is 118 Å². The number of para-hydroxylation sites is 1. The number of carbonyl (C=O) groups is 1. The lowest BCUT2D eigenvalue weighted by atomic mass is 10.2. The Bertz CT molecular complexity index is 555. The number of nitrogens with one attached hydrogen (secondary N) is 2. The molecule has 0 radical (unpaired) electrons. The highest BCUT2D eigenvalue weighted by molar-refractivity contribution is 5.89. The summed E-state index contributed by atoms with van der Waals surface area (Å²) < 4.78 is 0. The Morgan fingerprint density at radius 3 is 2.50 bits per heavy atom. The molecule has 0 aliphatic carbocycles. The van der Waals surface area contributed by atoms with Crippen molar-refractivity contribution in [1.82, 2.24) is 5.48 Å². The molecule has 0 aromatic heterocycles. The molecule has 0 saturated carbocycles. The van der Waals surface area contributed by atoms with Gasteiger partial charge in [-0.05, 0) is 17.2 Å². The van der Waals surface area contributed by atoms with E-state index in [0.717, 1.165) is 16.8 Å². The molecule has 2 rings (SSSR count). The summed E-state index contributed by atoms with van der Waals surface area (Å²) in [6, 6.07) is 17.6. The largest absolute Gasteiger partial charge is 0.326 e. The van der Waals surface area contributed by atoms with E-state index < -0.39 is 0 Å². The molecule has 4 nitrogen and oxygen atoms in total. The summed E-state index contributed by atoms with van der Waals surface area (Å²) in [4.78, 5) is 16.5. The van der Waals surface area contributed by atoms with Gasteiger partial charge in [0.25, 0.3) is 0 Å². The quantitative estimate of drug-likeness (QED) is 0.627. The molecule has 104 valence electrons. The third-order valence-electron chi connectivity index (χ3n) is 2.77. The second-order valence-electron chi connectivity index (χ2n) is 4.43. The van der Waals surface area contributed by atoms with Crippen LogP contribution in [-0.2, 0) is 22.8 Å². The van der Waals surface area contributed by atoms with Crippen molar-refractivity contribution in [2.75, 3.05) is 5.32 Å². The standard InChI is InChI=1S/C16H18N2O2/c1-13(19)18-16-10-6-5-9-15(16)11-17-20-12-14-7-3-2-4-8-14/h2-10,17H,11-12H2,1H3,(H,18,19). The van der Waals surface area contributed by atoms with E-state index in [4.69, 9.17) is 4.84 Å². The number of hydrogen-bond acceptors (Lipinski definition) is 3. The topological polar surface area (TPSA) is 50.4 Å². The molecule has 0 unspecified atom stereocenters. The fraction of sp³-hybridized carbons (Fsp3) is 0.188. The molecule has 0 atom stereocenters. The predicted molar refractivity (Wildman–Crippen MR) is 78.8 cm³/mol. The van der Waals surface area contributed by atoms with Crippen molar-refractivity contribution in [3.05, 3.63) is 65.7 Å². The molecule has 0 aliphatic heterocycles. The Hall–Kier alpha value is -2.17. The lowest BCUT2D eigenvalue weighted by Crippen LogP contribution is -2.16. The summed E-state index contributed by atoms with van der Waals surface area (Å²) in [5.41, 5.74) is 5.80. The second-order valence-corrected chi connectivity index (χ2v) is 4.43. The highest BCUT2D eigenvalue weighted by Gasteiger charge is 2.02. The lowest BCUT2D eigenvalue weighted by Gasteiger charge is -2.11. The molecule has 4 heteroatoms. The minimum atomic E-state index is -0.0809. The third-order valence-corrected chi connectivity index (χ3v) is 2.77. The first-order valence-corrected chi connectivity index (χ1v) is 6.50. The molecule has 1 amide bonds. The first kappa shape index (κ1) is 14.2. The lowest BCUT2D eigenvalue weighted by molar-refractivity contribution is -0.114. The fourth-order valence-electron chi connectivity index (χ4n) is 1.82.